The first kappa shape index (κ1) is 11.5. The van der Waals surface area contributed by atoms with E-state index in [0.29, 0.717) is 0 Å². The van der Waals surface area contributed by atoms with Crippen LogP contribution in [0.5, 0.6) is 0 Å². The number of carbonyl (C=O) groups excluding carboxylic acids is 1. The Hall–Kier alpha value is -2.62. The Morgan fingerprint density at radius 2 is 1.95 bits per heavy atom. The molecule has 0 aliphatic rings. The maximum Gasteiger partial charge on any atom is 0.221 e. The van der Waals surface area contributed by atoms with Gasteiger partial charge in [0.25, 0.3) is 0 Å². The third kappa shape index (κ3) is 2.20. The minimum Gasteiger partial charge on any atom is -0.326 e. The SMILES string of the molecule is CC(=O)Nc1ccc2c(cnn2-c2ccccc2)c1. The van der Waals surface area contributed by atoms with E-state index in [1.54, 1.807) is 6.20 Å². The van der Waals surface area contributed by atoms with E-state index in [0.717, 1.165) is 22.3 Å². The van der Waals surface area contributed by atoms with Gasteiger partial charge >= 0.3 is 0 Å². The maximum atomic E-state index is 11.0. The van der Waals surface area contributed by atoms with Crippen LogP contribution in [0.1, 0.15) is 6.92 Å². The molecule has 0 fully saturated rings. The van der Waals surface area contributed by atoms with E-state index < -0.39 is 0 Å². The Kier molecular flexibility index (Phi) is 2.76. The molecule has 3 aromatic rings. The van der Waals surface area contributed by atoms with E-state index in [9.17, 15) is 4.79 Å². The van der Waals surface area contributed by atoms with Gasteiger partial charge < -0.3 is 5.32 Å². The molecule has 0 bridgehead atoms. The zero-order valence-electron chi connectivity index (χ0n) is 10.5. The number of rotatable bonds is 2. The first-order chi connectivity index (χ1) is 9.24. The molecule has 19 heavy (non-hydrogen) atoms. The van der Waals surface area contributed by atoms with Crippen molar-refractivity contribution in [3.05, 3.63) is 54.7 Å². The smallest absolute Gasteiger partial charge is 0.221 e. The zero-order chi connectivity index (χ0) is 13.2. The Labute approximate surface area is 110 Å². The van der Waals surface area contributed by atoms with Crippen molar-refractivity contribution >= 4 is 22.5 Å². The van der Waals surface area contributed by atoms with Crippen molar-refractivity contribution in [1.82, 2.24) is 9.78 Å². The van der Waals surface area contributed by atoms with E-state index in [4.69, 9.17) is 0 Å². The second-order valence-electron chi connectivity index (χ2n) is 4.35. The highest BCUT2D eigenvalue weighted by Gasteiger charge is 2.05. The predicted octanol–water partition coefficient (Wildman–Crippen LogP) is 2.98. The number of nitrogens with one attached hydrogen (secondary N) is 1. The van der Waals surface area contributed by atoms with E-state index in [1.165, 1.54) is 6.92 Å². The molecule has 4 heteroatoms. The van der Waals surface area contributed by atoms with E-state index >= 15 is 0 Å². The van der Waals surface area contributed by atoms with E-state index in [2.05, 4.69) is 10.4 Å². The summed E-state index contributed by atoms with van der Waals surface area (Å²) >= 11 is 0. The quantitative estimate of drug-likeness (QED) is 0.761. The standard InChI is InChI=1S/C15H13N3O/c1-11(19)17-13-7-8-15-12(9-13)10-16-18(15)14-5-3-2-4-6-14/h2-10H,1H3,(H,17,19). The highest BCUT2D eigenvalue weighted by molar-refractivity contribution is 5.92. The third-order valence-corrected chi connectivity index (χ3v) is 2.89. The van der Waals surface area contributed by atoms with Crippen LogP contribution in [0.3, 0.4) is 0 Å². The van der Waals surface area contributed by atoms with Crippen LogP contribution in [0, 0.1) is 0 Å². The van der Waals surface area contributed by atoms with Gasteiger partial charge in [0.2, 0.25) is 5.91 Å². The van der Waals surface area contributed by atoms with Crippen molar-refractivity contribution in [3.63, 3.8) is 0 Å². The highest BCUT2D eigenvalue weighted by atomic mass is 16.1. The summed E-state index contributed by atoms with van der Waals surface area (Å²) in [7, 11) is 0. The lowest BCUT2D eigenvalue weighted by atomic mass is 10.2. The minimum absolute atomic E-state index is 0.0743. The number of hydrogen-bond donors (Lipinski definition) is 1. The summed E-state index contributed by atoms with van der Waals surface area (Å²) < 4.78 is 1.88. The summed E-state index contributed by atoms with van der Waals surface area (Å²) in [6, 6.07) is 15.7. The molecule has 1 N–H and O–H groups in total. The molecule has 0 unspecified atom stereocenters. The maximum absolute atomic E-state index is 11.0. The lowest BCUT2D eigenvalue weighted by molar-refractivity contribution is -0.114. The van der Waals surface area contributed by atoms with Gasteiger partial charge in [0.05, 0.1) is 17.4 Å². The summed E-state index contributed by atoms with van der Waals surface area (Å²) in [4.78, 5) is 11.0. The molecule has 0 aliphatic carbocycles. The fourth-order valence-corrected chi connectivity index (χ4v) is 2.09. The molecule has 4 nitrogen and oxygen atoms in total. The third-order valence-electron chi connectivity index (χ3n) is 2.89. The molecule has 3 rings (SSSR count). The first-order valence-electron chi connectivity index (χ1n) is 6.05. The molecular formula is C15H13N3O. The lowest BCUT2D eigenvalue weighted by Crippen LogP contribution is -2.05. The van der Waals surface area contributed by atoms with Crippen LogP contribution in [0.15, 0.2) is 54.7 Å². The van der Waals surface area contributed by atoms with Crippen LogP contribution in [-0.4, -0.2) is 15.7 Å². The highest BCUT2D eigenvalue weighted by Crippen LogP contribution is 2.21. The number of nitrogens with zero attached hydrogens (tertiary/aromatic N) is 2. The average Bonchev–Trinajstić information content (AvgIpc) is 2.82. The van der Waals surface area contributed by atoms with Crippen molar-refractivity contribution in [2.24, 2.45) is 0 Å². The van der Waals surface area contributed by atoms with Crippen LogP contribution in [0.25, 0.3) is 16.6 Å². The van der Waals surface area contributed by atoms with Gasteiger partial charge in [-0.05, 0) is 30.3 Å². The van der Waals surface area contributed by atoms with Crippen LogP contribution in [0.4, 0.5) is 5.69 Å². The number of para-hydroxylation sites is 1. The summed E-state index contributed by atoms with van der Waals surface area (Å²) in [5, 5.41) is 8.16. The summed E-state index contributed by atoms with van der Waals surface area (Å²) in [5.74, 6) is -0.0743. The molecule has 94 valence electrons. The normalized spacial score (nSPS) is 10.6. The summed E-state index contributed by atoms with van der Waals surface area (Å²) in [5.41, 5.74) is 2.82. The second-order valence-corrected chi connectivity index (χ2v) is 4.35. The summed E-state index contributed by atoms with van der Waals surface area (Å²) in [6.45, 7) is 1.50. The first-order valence-corrected chi connectivity index (χ1v) is 6.05. The predicted molar refractivity (Wildman–Crippen MR) is 75.4 cm³/mol. The van der Waals surface area contributed by atoms with Gasteiger partial charge in [-0.1, -0.05) is 18.2 Å². The number of amides is 1. The van der Waals surface area contributed by atoms with Gasteiger partial charge in [-0.2, -0.15) is 5.10 Å². The molecule has 0 spiro atoms. The Bertz CT molecular complexity index is 731. The van der Waals surface area contributed by atoms with Crippen molar-refractivity contribution < 1.29 is 4.79 Å². The van der Waals surface area contributed by atoms with E-state index in [-0.39, 0.29) is 5.91 Å². The number of hydrogen-bond acceptors (Lipinski definition) is 2. The number of aromatic nitrogens is 2. The molecule has 1 aromatic heterocycles. The zero-order valence-corrected chi connectivity index (χ0v) is 10.5. The fraction of sp³-hybridized carbons (Fsp3) is 0.0667. The molecule has 1 heterocycles. The monoisotopic (exact) mass is 251 g/mol. The topological polar surface area (TPSA) is 46.9 Å². The van der Waals surface area contributed by atoms with Crippen molar-refractivity contribution in [1.29, 1.82) is 0 Å². The number of anilines is 1. The summed E-state index contributed by atoms with van der Waals surface area (Å²) in [6.07, 6.45) is 1.80. The largest absolute Gasteiger partial charge is 0.326 e. The molecule has 0 radical (unpaired) electrons. The van der Waals surface area contributed by atoms with Gasteiger partial charge in [0, 0.05) is 18.0 Å². The molecule has 0 aliphatic heterocycles. The van der Waals surface area contributed by atoms with E-state index in [1.807, 2.05) is 53.2 Å². The van der Waals surface area contributed by atoms with Crippen molar-refractivity contribution in [3.8, 4) is 5.69 Å². The lowest BCUT2D eigenvalue weighted by Gasteiger charge is -2.04. The Morgan fingerprint density at radius 3 is 2.68 bits per heavy atom. The average molecular weight is 251 g/mol. The molecular weight excluding hydrogens is 238 g/mol. The van der Waals surface area contributed by atoms with Gasteiger partial charge in [0.1, 0.15) is 0 Å². The second kappa shape index (κ2) is 4.57. The van der Waals surface area contributed by atoms with Gasteiger partial charge in [0.15, 0.2) is 0 Å². The number of carbonyl (C=O) groups is 1. The molecule has 0 saturated carbocycles. The van der Waals surface area contributed by atoms with Crippen LogP contribution in [-0.2, 0) is 4.79 Å². The van der Waals surface area contributed by atoms with Crippen molar-refractivity contribution in [2.45, 2.75) is 6.92 Å². The van der Waals surface area contributed by atoms with Gasteiger partial charge in [-0.25, -0.2) is 4.68 Å². The molecule has 0 saturated heterocycles. The minimum atomic E-state index is -0.0743. The molecule has 2 aromatic carbocycles. The Balaban J connectivity index is 2.08. The van der Waals surface area contributed by atoms with Crippen LogP contribution >= 0.6 is 0 Å². The number of benzene rings is 2. The molecule has 1 amide bonds. The number of fused-ring (bicyclic) bond motifs is 1. The Morgan fingerprint density at radius 1 is 1.16 bits per heavy atom. The van der Waals surface area contributed by atoms with Crippen LogP contribution in [0.2, 0.25) is 0 Å². The van der Waals surface area contributed by atoms with Gasteiger partial charge in [-0.15, -0.1) is 0 Å². The van der Waals surface area contributed by atoms with Crippen molar-refractivity contribution in [2.75, 3.05) is 5.32 Å². The molecule has 0 atom stereocenters. The van der Waals surface area contributed by atoms with Crippen LogP contribution < -0.4 is 5.32 Å². The fourth-order valence-electron chi connectivity index (χ4n) is 2.09. The van der Waals surface area contributed by atoms with Gasteiger partial charge in [-0.3, -0.25) is 4.79 Å².